The van der Waals surface area contributed by atoms with Crippen molar-refractivity contribution in [2.24, 2.45) is 37.0 Å². The average molecular weight is 356 g/mol. The van der Waals surface area contributed by atoms with Crippen LogP contribution in [-0.2, 0) is 20.6 Å². The summed E-state index contributed by atoms with van der Waals surface area (Å²) in [6, 6.07) is 0. The summed E-state index contributed by atoms with van der Waals surface area (Å²) in [4.78, 5) is 28.9. The molecule has 2 heterocycles. The molecule has 12 heteroatoms. The van der Waals surface area contributed by atoms with Gasteiger partial charge in [-0.15, -0.1) is 0 Å². The van der Waals surface area contributed by atoms with Crippen LogP contribution in [0.2, 0.25) is 0 Å². The van der Waals surface area contributed by atoms with Gasteiger partial charge in [-0.05, 0) is 12.8 Å². The molecule has 0 saturated heterocycles. The molecule has 0 amide bonds. The average Bonchev–Trinajstić information content (AvgIpc) is 2.88. The summed E-state index contributed by atoms with van der Waals surface area (Å²) in [5.74, 6) is -2.47. The van der Waals surface area contributed by atoms with Crippen LogP contribution < -0.4 is 34.2 Å². The summed E-state index contributed by atoms with van der Waals surface area (Å²) >= 11 is 0. The fraction of sp³-hybridized carbons (Fsp3) is 0.615. The monoisotopic (exact) mass is 356 g/mol. The van der Waals surface area contributed by atoms with Crippen LogP contribution in [0, 0.1) is 0 Å². The summed E-state index contributed by atoms with van der Waals surface area (Å²) in [6.45, 7) is 0.00304. The van der Waals surface area contributed by atoms with Crippen LogP contribution in [0.3, 0.4) is 0 Å². The second-order valence-corrected chi connectivity index (χ2v) is 6.33. The molecule has 0 fully saturated rings. The number of aliphatic hydroxyl groups is 2. The first kappa shape index (κ1) is 19.2. The summed E-state index contributed by atoms with van der Waals surface area (Å²) in [5, 5.41) is 19.2. The van der Waals surface area contributed by atoms with Crippen LogP contribution in [0.4, 0.5) is 0 Å². The lowest BCUT2D eigenvalue weighted by molar-refractivity contribution is -0.102. The van der Waals surface area contributed by atoms with Crippen molar-refractivity contribution in [3.63, 3.8) is 0 Å². The molecule has 2 aromatic rings. The molecule has 0 aromatic carbocycles. The quantitative estimate of drug-likeness (QED) is 0.277. The van der Waals surface area contributed by atoms with E-state index in [1.807, 2.05) is 0 Å². The first-order valence-corrected chi connectivity index (χ1v) is 7.54. The minimum Gasteiger partial charge on any atom is -0.384 e. The third kappa shape index (κ3) is 3.49. The molecule has 0 aliphatic heterocycles. The van der Waals surface area contributed by atoms with Gasteiger partial charge in [0.2, 0.25) is 0 Å². The summed E-state index contributed by atoms with van der Waals surface area (Å²) in [6.07, 6.45) is -0.248. The third-order valence-electron chi connectivity index (χ3n) is 4.14. The predicted molar refractivity (Wildman–Crippen MR) is 89.9 cm³/mol. The van der Waals surface area contributed by atoms with E-state index in [0.29, 0.717) is 0 Å². The molecule has 0 bridgehead atoms. The number of imidazole rings is 1. The van der Waals surface area contributed by atoms with E-state index in [1.165, 1.54) is 22.5 Å². The Morgan fingerprint density at radius 1 is 1.24 bits per heavy atom. The molecule has 0 spiro atoms. The number of aryl methyl sites for hydroxylation is 2. The number of fused-ring (bicyclic) bond motifs is 1. The summed E-state index contributed by atoms with van der Waals surface area (Å²) in [7, 11) is 3.16. The van der Waals surface area contributed by atoms with Gasteiger partial charge in [0.05, 0.1) is 12.0 Å². The minimum atomic E-state index is -2.47. The zero-order valence-electron chi connectivity index (χ0n) is 14.1. The number of aliphatic hydroxyl groups excluding tert-OH is 1. The second kappa shape index (κ2) is 6.33. The van der Waals surface area contributed by atoms with Crippen molar-refractivity contribution in [2.75, 3.05) is 0 Å². The smallest absolute Gasteiger partial charge is 0.332 e. The molecule has 2 rings (SSSR count). The number of nitrogens with two attached hydrogens (primary N) is 4. The van der Waals surface area contributed by atoms with E-state index in [2.05, 4.69) is 4.98 Å². The zero-order chi connectivity index (χ0) is 19.2. The highest BCUT2D eigenvalue weighted by Gasteiger charge is 2.40. The van der Waals surface area contributed by atoms with Crippen LogP contribution in [0.25, 0.3) is 11.2 Å². The van der Waals surface area contributed by atoms with Gasteiger partial charge in [-0.25, -0.2) is 9.78 Å². The van der Waals surface area contributed by atoms with E-state index < -0.39 is 28.9 Å². The Kier molecular flexibility index (Phi) is 4.87. The van der Waals surface area contributed by atoms with Gasteiger partial charge in [-0.3, -0.25) is 25.4 Å². The van der Waals surface area contributed by atoms with E-state index in [0.717, 1.165) is 4.57 Å². The Morgan fingerprint density at radius 2 is 1.84 bits per heavy atom. The van der Waals surface area contributed by atoms with Crippen molar-refractivity contribution in [3.8, 4) is 0 Å². The van der Waals surface area contributed by atoms with E-state index in [9.17, 15) is 19.8 Å². The van der Waals surface area contributed by atoms with Gasteiger partial charge >= 0.3 is 5.69 Å². The van der Waals surface area contributed by atoms with Crippen molar-refractivity contribution in [1.29, 1.82) is 0 Å². The number of aromatic nitrogens is 4. The SMILES string of the molecule is Cn1cnc2c1c(=O)n(CCCC(N)(N)C(O)C(N)(N)O)c(=O)n2C. The molecule has 12 nitrogen and oxygen atoms in total. The fourth-order valence-corrected chi connectivity index (χ4v) is 2.70. The molecule has 0 radical (unpaired) electrons. The molecule has 0 aliphatic rings. The van der Waals surface area contributed by atoms with Crippen LogP contribution in [0.5, 0.6) is 0 Å². The zero-order valence-corrected chi connectivity index (χ0v) is 14.1. The molecule has 0 aliphatic carbocycles. The topological polar surface area (TPSA) is 206 Å². The molecular formula is C13H24N8O4. The molecule has 1 atom stereocenters. The van der Waals surface area contributed by atoms with Crippen LogP contribution >= 0.6 is 0 Å². The lowest BCUT2D eigenvalue weighted by Gasteiger charge is -2.36. The van der Waals surface area contributed by atoms with Gasteiger partial charge in [0.15, 0.2) is 17.0 Å². The van der Waals surface area contributed by atoms with Gasteiger partial charge in [0, 0.05) is 20.6 Å². The van der Waals surface area contributed by atoms with E-state index >= 15 is 0 Å². The first-order valence-electron chi connectivity index (χ1n) is 7.54. The highest BCUT2D eigenvalue weighted by atomic mass is 16.4. The lowest BCUT2D eigenvalue weighted by Crippen LogP contribution is -2.73. The van der Waals surface area contributed by atoms with Gasteiger partial charge in [0.25, 0.3) is 5.56 Å². The number of rotatable bonds is 6. The summed E-state index contributed by atoms with van der Waals surface area (Å²) < 4.78 is 3.82. The van der Waals surface area contributed by atoms with Gasteiger partial charge in [0.1, 0.15) is 6.10 Å². The molecule has 25 heavy (non-hydrogen) atoms. The van der Waals surface area contributed by atoms with Crippen molar-refractivity contribution in [1.82, 2.24) is 18.7 Å². The number of hydrogen-bond acceptors (Lipinski definition) is 9. The van der Waals surface area contributed by atoms with E-state index in [1.54, 1.807) is 7.05 Å². The maximum absolute atomic E-state index is 12.5. The Morgan fingerprint density at radius 3 is 2.40 bits per heavy atom. The number of nitrogens with zero attached hydrogens (tertiary/aromatic N) is 4. The maximum atomic E-state index is 12.5. The third-order valence-corrected chi connectivity index (χ3v) is 4.14. The Bertz CT molecular complexity index is 888. The molecule has 10 N–H and O–H groups in total. The lowest BCUT2D eigenvalue weighted by atomic mass is 9.95. The van der Waals surface area contributed by atoms with Crippen molar-refractivity contribution >= 4 is 11.2 Å². The van der Waals surface area contributed by atoms with Crippen LogP contribution in [-0.4, -0.2) is 46.5 Å². The Labute approximate surface area is 142 Å². The second-order valence-electron chi connectivity index (χ2n) is 6.33. The molecule has 1 unspecified atom stereocenters. The largest absolute Gasteiger partial charge is 0.384 e. The van der Waals surface area contributed by atoms with E-state index in [4.69, 9.17) is 22.9 Å². The Hall–Kier alpha value is -2.09. The van der Waals surface area contributed by atoms with Crippen LogP contribution in [0.15, 0.2) is 15.9 Å². The van der Waals surface area contributed by atoms with Crippen molar-refractivity contribution in [2.45, 2.75) is 37.0 Å². The van der Waals surface area contributed by atoms with Crippen LogP contribution in [0.1, 0.15) is 12.8 Å². The van der Waals surface area contributed by atoms with E-state index in [-0.39, 0.29) is 30.6 Å². The van der Waals surface area contributed by atoms with Gasteiger partial charge in [-0.1, -0.05) is 0 Å². The fourth-order valence-electron chi connectivity index (χ4n) is 2.70. The Balaban J connectivity index is 2.26. The molecule has 0 saturated carbocycles. The first-order chi connectivity index (χ1) is 11.4. The van der Waals surface area contributed by atoms with Gasteiger partial charge in [-0.2, -0.15) is 0 Å². The highest BCUT2D eigenvalue weighted by Crippen LogP contribution is 2.13. The minimum absolute atomic E-state index is 0.00304. The molecule has 2 aromatic heterocycles. The maximum Gasteiger partial charge on any atom is 0.332 e. The highest BCUT2D eigenvalue weighted by molar-refractivity contribution is 5.69. The van der Waals surface area contributed by atoms with Gasteiger partial charge < -0.3 is 26.2 Å². The molecular weight excluding hydrogens is 332 g/mol. The van der Waals surface area contributed by atoms with Crippen molar-refractivity contribution < 1.29 is 10.2 Å². The summed E-state index contributed by atoms with van der Waals surface area (Å²) in [5.41, 5.74) is 19.6. The standard InChI is InChI=1S/C13H24N8O4/c1-19-6-18-8-7(19)9(22)21(11(24)20(8)2)5-3-4-12(14,15)10(23)13(16,17)25/h6,10,23,25H,3-5,14-17H2,1-2H3. The number of hydrogen-bond donors (Lipinski definition) is 6. The molecule has 140 valence electrons. The van der Waals surface area contributed by atoms with Crippen molar-refractivity contribution in [3.05, 3.63) is 27.2 Å². The predicted octanol–water partition coefficient (Wildman–Crippen LogP) is -4.25. The normalized spacial score (nSPS) is 14.2.